The predicted molar refractivity (Wildman–Crippen MR) is 151 cm³/mol. The number of hydrogen-bond donors (Lipinski definition) is 2. The molecule has 1 aromatic heterocycles. The second-order valence-electron chi connectivity index (χ2n) is 9.13. The van der Waals surface area contributed by atoms with Gasteiger partial charge in [0, 0.05) is 62.7 Å². The van der Waals surface area contributed by atoms with E-state index in [1.54, 1.807) is 24.3 Å². The Morgan fingerprint density at radius 2 is 1.80 bits per heavy atom. The lowest BCUT2D eigenvalue weighted by Gasteiger charge is -2.34. The zero-order chi connectivity index (χ0) is 28.3. The number of nitrogens with one attached hydrogen (secondary N) is 2. The summed E-state index contributed by atoms with van der Waals surface area (Å²) in [5, 5.41) is 14.7. The Balaban J connectivity index is 1.10. The number of piperazine rings is 1. The van der Waals surface area contributed by atoms with Crippen LogP contribution >= 0.6 is 11.3 Å². The normalized spacial score (nSPS) is 14.3. The average Bonchev–Trinajstić information content (AvgIpc) is 3.37. The number of carbonyl (C=O) groups excluding carboxylic acids is 1. The van der Waals surface area contributed by atoms with E-state index < -0.39 is 20.8 Å². The van der Waals surface area contributed by atoms with E-state index in [2.05, 4.69) is 24.8 Å². The van der Waals surface area contributed by atoms with E-state index in [4.69, 9.17) is 0 Å². The second kappa shape index (κ2) is 11.5. The molecule has 1 amide bonds. The number of sulfonamides is 1. The number of fused-ring (bicyclic) bond motifs is 1. The van der Waals surface area contributed by atoms with Gasteiger partial charge < -0.3 is 10.2 Å². The van der Waals surface area contributed by atoms with Crippen LogP contribution in [0.4, 0.5) is 20.9 Å². The molecular formula is C26H25FN6O5S2. The number of amides is 1. The molecule has 0 bridgehead atoms. The molecule has 208 valence electrons. The van der Waals surface area contributed by atoms with Gasteiger partial charge in [-0.2, -0.15) is 0 Å². The van der Waals surface area contributed by atoms with Gasteiger partial charge in [0.1, 0.15) is 5.82 Å². The molecule has 5 rings (SSSR count). The molecule has 2 heterocycles. The minimum Gasteiger partial charge on any atom is -0.351 e. The standard InChI is InChI=1S/C26H25FN6O5S2/c27-19-4-7-22(8-5-19)40(37,38)30-20-3-1-2-18(16-20)25(34)28-10-11-31-12-14-32(15-13-31)26-29-23-9-6-21(33(35)36)17-24(23)39-26/h1-9,16-17,30H,10-15H2,(H,28,34). The van der Waals surface area contributed by atoms with Gasteiger partial charge in [-0.05, 0) is 48.5 Å². The van der Waals surface area contributed by atoms with Crippen molar-refractivity contribution in [2.45, 2.75) is 4.90 Å². The van der Waals surface area contributed by atoms with Crippen molar-refractivity contribution in [1.82, 2.24) is 15.2 Å². The van der Waals surface area contributed by atoms with Crippen molar-refractivity contribution in [2.75, 3.05) is 48.9 Å². The first-order chi connectivity index (χ1) is 19.2. The van der Waals surface area contributed by atoms with Gasteiger partial charge >= 0.3 is 0 Å². The Morgan fingerprint density at radius 3 is 2.52 bits per heavy atom. The highest BCUT2D eigenvalue weighted by Crippen LogP contribution is 2.31. The van der Waals surface area contributed by atoms with Crippen molar-refractivity contribution >= 4 is 54.0 Å². The van der Waals surface area contributed by atoms with Gasteiger partial charge in [0.05, 0.1) is 20.0 Å². The lowest BCUT2D eigenvalue weighted by molar-refractivity contribution is -0.384. The monoisotopic (exact) mass is 584 g/mol. The molecule has 0 spiro atoms. The summed E-state index contributed by atoms with van der Waals surface area (Å²) in [6, 6.07) is 15.3. The van der Waals surface area contributed by atoms with Crippen molar-refractivity contribution in [1.29, 1.82) is 0 Å². The van der Waals surface area contributed by atoms with E-state index in [0.717, 1.165) is 53.7 Å². The van der Waals surface area contributed by atoms with Crippen molar-refractivity contribution in [3.05, 3.63) is 88.2 Å². The van der Waals surface area contributed by atoms with Crippen LogP contribution in [0.15, 0.2) is 71.6 Å². The van der Waals surface area contributed by atoms with Crippen LogP contribution in [0.1, 0.15) is 10.4 Å². The SMILES string of the molecule is O=C(NCCN1CCN(c2nc3ccc([N+](=O)[O-])cc3s2)CC1)c1cccc(NS(=O)(=O)c2ccc(F)cc2)c1. The Hall–Kier alpha value is -4.14. The summed E-state index contributed by atoms with van der Waals surface area (Å²) in [5.74, 6) is -0.868. The quantitative estimate of drug-likeness (QED) is 0.224. The number of nitro benzene ring substituents is 1. The Labute approximate surface area is 233 Å². The molecule has 1 aliphatic heterocycles. The van der Waals surface area contributed by atoms with Crippen LogP contribution in [0.2, 0.25) is 0 Å². The van der Waals surface area contributed by atoms with Gasteiger partial charge in [-0.15, -0.1) is 0 Å². The zero-order valence-electron chi connectivity index (χ0n) is 21.1. The van der Waals surface area contributed by atoms with Crippen LogP contribution in [0.25, 0.3) is 10.2 Å². The number of benzene rings is 3. The maximum atomic E-state index is 13.1. The number of anilines is 2. The summed E-state index contributed by atoms with van der Waals surface area (Å²) in [6.07, 6.45) is 0. The fourth-order valence-electron chi connectivity index (χ4n) is 4.29. The van der Waals surface area contributed by atoms with E-state index in [1.807, 2.05) is 0 Å². The third kappa shape index (κ3) is 6.35. The molecule has 0 saturated carbocycles. The van der Waals surface area contributed by atoms with Crippen LogP contribution in [0.5, 0.6) is 0 Å². The summed E-state index contributed by atoms with van der Waals surface area (Å²) in [5.41, 5.74) is 1.31. The Kier molecular flexibility index (Phi) is 7.91. The van der Waals surface area contributed by atoms with Crippen LogP contribution < -0.4 is 14.9 Å². The number of nitrogens with zero attached hydrogens (tertiary/aromatic N) is 4. The topological polar surface area (TPSA) is 138 Å². The summed E-state index contributed by atoms with van der Waals surface area (Å²) in [6.45, 7) is 4.08. The fraction of sp³-hybridized carbons (Fsp3) is 0.231. The maximum absolute atomic E-state index is 13.1. The molecule has 0 unspecified atom stereocenters. The second-order valence-corrected chi connectivity index (χ2v) is 11.8. The number of carbonyl (C=O) groups is 1. The highest BCUT2D eigenvalue weighted by atomic mass is 32.2. The molecule has 11 nitrogen and oxygen atoms in total. The van der Waals surface area contributed by atoms with E-state index in [9.17, 15) is 27.7 Å². The van der Waals surface area contributed by atoms with Gasteiger partial charge in [0.15, 0.2) is 5.13 Å². The molecule has 1 aliphatic rings. The first-order valence-corrected chi connectivity index (χ1v) is 14.7. The summed E-state index contributed by atoms with van der Waals surface area (Å²) < 4.78 is 41.5. The highest BCUT2D eigenvalue weighted by molar-refractivity contribution is 7.92. The van der Waals surface area contributed by atoms with Crippen LogP contribution in [0.3, 0.4) is 0 Å². The molecule has 4 aromatic rings. The molecule has 40 heavy (non-hydrogen) atoms. The van der Waals surface area contributed by atoms with Gasteiger partial charge in [-0.1, -0.05) is 17.4 Å². The van der Waals surface area contributed by atoms with Gasteiger partial charge in [-0.25, -0.2) is 17.8 Å². The van der Waals surface area contributed by atoms with Gasteiger partial charge in [-0.3, -0.25) is 24.5 Å². The lowest BCUT2D eigenvalue weighted by Crippen LogP contribution is -2.48. The molecule has 2 N–H and O–H groups in total. The molecule has 0 atom stereocenters. The molecule has 3 aromatic carbocycles. The molecule has 14 heteroatoms. The minimum absolute atomic E-state index is 0.0487. The summed E-state index contributed by atoms with van der Waals surface area (Å²) in [4.78, 5) is 32.2. The van der Waals surface area contributed by atoms with E-state index in [0.29, 0.717) is 18.7 Å². The van der Waals surface area contributed by atoms with Crippen LogP contribution in [-0.4, -0.2) is 68.4 Å². The Morgan fingerprint density at radius 1 is 1.05 bits per heavy atom. The third-order valence-electron chi connectivity index (χ3n) is 6.43. The molecule has 0 radical (unpaired) electrons. The van der Waals surface area contributed by atoms with Crippen LogP contribution in [0, 0.1) is 15.9 Å². The smallest absolute Gasteiger partial charge is 0.270 e. The highest BCUT2D eigenvalue weighted by Gasteiger charge is 2.21. The van der Waals surface area contributed by atoms with Crippen molar-refractivity contribution in [3.63, 3.8) is 0 Å². The van der Waals surface area contributed by atoms with Crippen molar-refractivity contribution in [3.8, 4) is 0 Å². The maximum Gasteiger partial charge on any atom is 0.270 e. The third-order valence-corrected chi connectivity index (χ3v) is 8.91. The number of thiazole rings is 1. The number of aromatic nitrogens is 1. The first kappa shape index (κ1) is 27.4. The van der Waals surface area contributed by atoms with E-state index in [-0.39, 0.29) is 22.2 Å². The molecule has 1 fully saturated rings. The fourth-order valence-corrected chi connectivity index (χ4v) is 6.39. The largest absolute Gasteiger partial charge is 0.351 e. The van der Waals surface area contributed by atoms with Gasteiger partial charge in [0.25, 0.3) is 21.6 Å². The number of non-ortho nitro benzene ring substituents is 1. The molecule has 0 aliphatic carbocycles. The minimum atomic E-state index is -3.93. The number of hydrogen-bond acceptors (Lipinski definition) is 9. The number of rotatable bonds is 9. The van der Waals surface area contributed by atoms with E-state index in [1.165, 1.54) is 41.7 Å². The zero-order valence-corrected chi connectivity index (χ0v) is 22.8. The van der Waals surface area contributed by atoms with Crippen LogP contribution in [-0.2, 0) is 10.0 Å². The molecule has 1 saturated heterocycles. The van der Waals surface area contributed by atoms with E-state index >= 15 is 0 Å². The lowest BCUT2D eigenvalue weighted by atomic mass is 10.2. The Bertz CT molecular complexity index is 1650. The van der Waals surface area contributed by atoms with Gasteiger partial charge in [0.2, 0.25) is 0 Å². The average molecular weight is 585 g/mol. The number of nitro groups is 1. The van der Waals surface area contributed by atoms with Crippen molar-refractivity contribution in [2.24, 2.45) is 0 Å². The van der Waals surface area contributed by atoms with Crippen molar-refractivity contribution < 1.29 is 22.5 Å². The first-order valence-electron chi connectivity index (χ1n) is 12.4. The predicted octanol–water partition coefficient (Wildman–Crippen LogP) is 3.70. The summed E-state index contributed by atoms with van der Waals surface area (Å²) in [7, 11) is -3.93. The molecular weight excluding hydrogens is 559 g/mol. The summed E-state index contributed by atoms with van der Waals surface area (Å²) >= 11 is 1.44. The number of halogens is 1.